The highest BCUT2D eigenvalue weighted by Crippen LogP contribution is 2.38. The lowest BCUT2D eigenvalue weighted by Gasteiger charge is -2.49. The predicted molar refractivity (Wildman–Crippen MR) is 42.5 cm³/mol. The van der Waals surface area contributed by atoms with Crippen molar-refractivity contribution in [3.8, 4) is 0 Å². The van der Waals surface area contributed by atoms with Gasteiger partial charge in [-0.1, -0.05) is 22.9 Å². The predicted octanol–water partition coefficient (Wildman–Crippen LogP) is 1.12. The first-order valence-corrected chi connectivity index (χ1v) is 4.78. The molecule has 3 rings (SSSR count). The third-order valence-corrected chi connectivity index (χ3v) is 2.77. The molecule has 2 bridgehead atoms. The van der Waals surface area contributed by atoms with Crippen LogP contribution in [-0.4, -0.2) is 31.1 Å². The second-order valence-corrected chi connectivity index (χ2v) is 4.05. The molecule has 3 saturated heterocycles. The third-order valence-electron chi connectivity index (χ3n) is 2.09. The standard InChI is InChI=1S/C7H11BrO3/c1-6-3-9-7(2-8,10-4-6)11-5-6/h2-5H2,1H3. The zero-order valence-electron chi connectivity index (χ0n) is 6.43. The molecule has 0 atom stereocenters. The molecule has 0 aromatic heterocycles. The van der Waals surface area contributed by atoms with Gasteiger partial charge in [0.2, 0.25) is 0 Å². The third kappa shape index (κ3) is 1.22. The van der Waals surface area contributed by atoms with Gasteiger partial charge in [0.05, 0.1) is 25.2 Å². The highest BCUT2D eigenvalue weighted by molar-refractivity contribution is 9.09. The van der Waals surface area contributed by atoms with E-state index in [9.17, 15) is 0 Å². The summed E-state index contributed by atoms with van der Waals surface area (Å²) in [7, 11) is 0. The summed E-state index contributed by atoms with van der Waals surface area (Å²) >= 11 is 3.30. The molecule has 0 unspecified atom stereocenters. The summed E-state index contributed by atoms with van der Waals surface area (Å²) < 4.78 is 16.3. The monoisotopic (exact) mass is 222 g/mol. The fraction of sp³-hybridized carbons (Fsp3) is 1.00. The summed E-state index contributed by atoms with van der Waals surface area (Å²) in [6.07, 6.45) is 0. The molecule has 3 fully saturated rings. The van der Waals surface area contributed by atoms with Crippen molar-refractivity contribution in [1.29, 1.82) is 0 Å². The summed E-state index contributed by atoms with van der Waals surface area (Å²) in [6, 6.07) is 0. The van der Waals surface area contributed by atoms with E-state index in [1.807, 2.05) is 0 Å². The van der Waals surface area contributed by atoms with Crippen molar-refractivity contribution in [2.75, 3.05) is 25.2 Å². The maximum Gasteiger partial charge on any atom is 0.293 e. The van der Waals surface area contributed by atoms with Gasteiger partial charge in [0.25, 0.3) is 5.97 Å². The highest BCUT2D eigenvalue weighted by atomic mass is 79.9. The molecule has 0 saturated carbocycles. The van der Waals surface area contributed by atoms with Crippen molar-refractivity contribution in [2.24, 2.45) is 5.41 Å². The molecule has 11 heavy (non-hydrogen) atoms. The lowest BCUT2D eigenvalue weighted by molar-refractivity contribution is -0.453. The molecule has 0 N–H and O–H groups in total. The van der Waals surface area contributed by atoms with Crippen LogP contribution in [0.2, 0.25) is 0 Å². The lowest BCUT2D eigenvalue weighted by Crippen LogP contribution is -2.59. The van der Waals surface area contributed by atoms with E-state index < -0.39 is 5.97 Å². The second-order valence-electron chi connectivity index (χ2n) is 3.49. The van der Waals surface area contributed by atoms with Crippen molar-refractivity contribution in [3.63, 3.8) is 0 Å². The quantitative estimate of drug-likeness (QED) is 0.623. The average Bonchev–Trinajstić information content (AvgIpc) is 2.07. The van der Waals surface area contributed by atoms with Crippen molar-refractivity contribution in [3.05, 3.63) is 0 Å². The number of ether oxygens (including phenoxy) is 3. The molecule has 0 amide bonds. The van der Waals surface area contributed by atoms with Crippen LogP contribution in [0.25, 0.3) is 0 Å². The molecule has 3 heterocycles. The van der Waals surface area contributed by atoms with Gasteiger partial charge in [-0.25, -0.2) is 0 Å². The molecule has 3 aliphatic heterocycles. The Morgan fingerprint density at radius 1 is 1.18 bits per heavy atom. The Morgan fingerprint density at radius 3 is 2.00 bits per heavy atom. The van der Waals surface area contributed by atoms with Gasteiger partial charge in [-0.15, -0.1) is 0 Å². The normalized spacial score (nSPS) is 49.6. The number of halogens is 1. The van der Waals surface area contributed by atoms with Crippen molar-refractivity contribution in [2.45, 2.75) is 12.9 Å². The van der Waals surface area contributed by atoms with Gasteiger partial charge >= 0.3 is 0 Å². The average molecular weight is 223 g/mol. The fourth-order valence-corrected chi connectivity index (χ4v) is 1.70. The van der Waals surface area contributed by atoms with Gasteiger partial charge in [-0.05, 0) is 0 Å². The minimum absolute atomic E-state index is 0.0733. The largest absolute Gasteiger partial charge is 0.326 e. The van der Waals surface area contributed by atoms with Crippen LogP contribution in [0.15, 0.2) is 0 Å². The molecule has 0 aromatic rings. The van der Waals surface area contributed by atoms with Gasteiger partial charge in [-0.2, -0.15) is 0 Å². The maximum atomic E-state index is 5.43. The highest BCUT2D eigenvalue weighted by Gasteiger charge is 2.49. The van der Waals surface area contributed by atoms with E-state index in [2.05, 4.69) is 22.9 Å². The van der Waals surface area contributed by atoms with Gasteiger partial charge < -0.3 is 14.2 Å². The zero-order valence-corrected chi connectivity index (χ0v) is 8.02. The maximum absolute atomic E-state index is 5.43. The summed E-state index contributed by atoms with van der Waals surface area (Å²) in [5, 5.41) is 0.579. The number of hydrogen-bond donors (Lipinski definition) is 0. The van der Waals surface area contributed by atoms with Crippen LogP contribution >= 0.6 is 15.9 Å². The molecule has 3 aliphatic rings. The first-order chi connectivity index (χ1) is 5.18. The van der Waals surface area contributed by atoms with E-state index >= 15 is 0 Å². The molecule has 0 spiro atoms. The molecule has 0 aromatic carbocycles. The number of rotatable bonds is 1. The lowest BCUT2D eigenvalue weighted by atomic mass is 9.92. The van der Waals surface area contributed by atoms with Crippen LogP contribution in [0, 0.1) is 5.41 Å². The van der Waals surface area contributed by atoms with Crippen molar-refractivity contribution in [1.82, 2.24) is 0 Å². The minimum Gasteiger partial charge on any atom is -0.326 e. The SMILES string of the molecule is CC12COC(CBr)(OC1)OC2. The van der Waals surface area contributed by atoms with Crippen LogP contribution in [0.4, 0.5) is 0 Å². The fourth-order valence-electron chi connectivity index (χ4n) is 1.22. The number of alkyl halides is 1. The van der Waals surface area contributed by atoms with Crippen molar-refractivity contribution >= 4 is 15.9 Å². The Bertz CT molecular complexity index is 147. The molecular formula is C7H11BrO3. The topological polar surface area (TPSA) is 27.7 Å². The van der Waals surface area contributed by atoms with Gasteiger partial charge in [0.15, 0.2) is 0 Å². The van der Waals surface area contributed by atoms with E-state index in [4.69, 9.17) is 14.2 Å². The Hall–Kier alpha value is 0.360. The van der Waals surface area contributed by atoms with E-state index in [-0.39, 0.29) is 5.41 Å². The molecule has 0 aliphatic carbocycles. The van der Waals surface area contributed by atoms with E-state index in [1.165, 1.54) is 0 Å². The Balaban J connectivity index is 2.12. The van der Waals surface area contributed by atoms with Crippen LogP contribution in [0.5, 0.6) is 0 Å². The van der Waals surface area contributed by atoms with Crippen LogP contribution in [0.1, 0.15) is 6.92 Å². The summed E-state index contributed by atoms with van der Waals surface area (Å²) in [5.41, 5.74) is 0.0733. The van der Waals surface area contributed by atoms with E-state index in [0.29, 0.717) is 5.33 Å². The molecule has 4 heteroatoms. The van der Waals surface area contributed by atoms with Crippen LogP contribution in [0.3, 0.4) is 0 Å². The van der Waals surface area contributed by atoms with Crippen molar-refractivity contribution < 1.29 is 14.2 Å². The smallest absolute Gasteiger partial charge is 0.293 e. The zero-order chi connectivity index (χ0) is 7.95. The van der Waals surface area contributed by atoms with E-state index in [1.54, 1.807) is 0 Å². The van der Waals surface area contributed by atoms with Crippen LogP contribution < -0.4 is 0 Å². The van der Waals surface area contributed by atoms with Gasteiger partial charge in [0.1, 0.15) is 0 Å². The molecule has 64 valence electrons. The van der Waals surface area contributed by atoms with Gasteiger partial charge in [-0.3, -0.25) is 0 Å². The molecule has 0 radical (unpaired) electrons. The Kier molecular flexibility index (Phi) is 1.76. The van der Waals surface area contributed by atoms with Crippen LogP contribution in [-0.2, 0) is 14.2 Å². The van der Waals surface area contributed by atoms with Gasteiger partial charge in [0, 0.05) is 5.41 Å². The minimum atomic E-state index is -0.780. The second kappa shape index (κ2) is 2.42. The molecular weight excluding hydrogens is 212 g/mol. The summed E-state index contributed by atoms with van der Waals surface area (Å²) in [4.78, 5) is 0. The molecule has 3 nitrogen and oxygen atoms in total. The Morgan fingerprint density at radius 2 is 1.64 bits per heavy atom. The first-order valence-electron chi connectivity index (χ1n) is 3.66. The first kappa shape index (κ1) is 7.98. The number of hydrogen-bond acceptors (Lipinski definition) is 3. The summed E-state index contributed by atoms with van der Waals surface area (Å²) in [5.74, 6) is -0.780. The Labute approximate surface area is 74.1 Å². The summed E-state index contributed by atoms with van der Waals surface area (Å²) in [6.45, 7) is 4.31. The number of fused-ring (bicyclic) bond motifs is 3. The van der Waals surface area contributed by atoms with E-state index in [0.717, 1.165) is 19.8 Å².